The van der Waals surface area contributed by atoms with E-state index in [1.807, 2.05) is 0 Å². The molecule has 10 heteroatoms. The second-order valence-corrected chi connectivity index (χ2v) is 8.10. The lowest BCUT2D eigenvalue weighted by Crippen LogP contribution is -2.18. The normalized spacial score (nSPS) is 13.3. The number of imidazole rings is 1. The van der Waals surface area contributed by atoms with E-state index in [9.17, 15) is 30.4 Å². The van der Waals surface area contributed by atoms with Gasteiger partial charge < -0.3 is 4.98 Å². The second-order valence-electron chi connectivity index (χ2n) is 5.82. The summed E-state index contributed by atoms with van der Waals surface area (Å²) in [6.45, 7) is 1.44. The van der Waals surface area contributed by atoms with Crippen LogP contribution in [-0.2, 0) is 21.9 Å². The first-order valence-corrected chi connectivity index (χ1v) is 9.39. The van der Waals surface area contributed by atoms with Crippen molar-refractivity contribution in [2.24, 2.45) is 0 Å². The summed E-state index contributed by atoms with van der Waals surface area (Å²) in [4.78, 5) is 5.98. The number of nitrogens with one attached hydrogen (secondary N) is 1. The van der Waals surface area contributed by atoms with Gasteiger partial charge in [-0.2, -0.15) is 22.0 Å². The molecule has 27 heavy (non-hydrogen) atoms. The zero-order valence-electron chi connectivity index (χ0n) is 13.8. The van der Waals surface area contributed by atoms with Crippen molar-refractivity contribution in [2.75, 3.05) is 5.75 Å². The number of aromatic nitrogens is 2. The van der Waals surface area contributed by atoms with E-state index in [1.165, 1.54) is 25.1 Å². The first kappa shape index (κ1) is 19.3. The zero-order chi connectivity index (χ0) is 20.0. The van der Waals surface area contributed by atoms with E-state index in [-0.39, 0.29) is 21.7 Å². The van der Waals surface area contributed by atoms with E-state index in [2.05, 4.69) is 9.97 Å². The molecule has 0 atom stereocenters. The van der Waals surface area contributed by atoms with Crippen molar-refractivity contribution in [3.05, 3.63) is 59.4 Å². The summed E-state index contributed by atoms with van der Waals surface area (Å²) in [5, 5.41) is 0. The Morgan fingerprint density at radius 1 is 1.00 bits per heavy atom. The molecule has 0 aliphatic carbocycles. The highest BCUT2D eigenvalue weighted by atomic mass is 32.2. The Kier molecular flexibility index (Phi) is 4.49. The number of hydrogen-bond donors (Lipinski definition) is 1. The lowest BCUT2D eigenvalue weighted by Gasteiger charge is -2.16. The predicted molar refractivity (Wildman–Crippen MR) is 88.3 cm³/mol. The highest BCUT2D eigenvalue weighted by molar-refractivity contribution is 7.91. The van der Waals surface area contributed by atoms with Crippen molar-refractivity contribution in [1.29, 1.82) is 0 Å². The van der Waals surface area contributed by atoms with Gasteiger partial charge in [-0.25, -0.2) is 13.4 Å². The number of sulfone groups is 1. The van der Waals surface area contributed by atoms with Crippen LogP contribution in [0.2, 0.25) is 0 Å². The van der Waals surface area contributed by atoms with Gasteiger partial charge in [0, 0.05) is 5.56 Å². The molecule has 0 amide bonds. The molecule has 144 valence electrons. The molecule has 3 aromatic rings. The summed E-state index contributed by atoms with van der Waals surface area (Å²) in [5.41, 5.74) is -1.96. The summed E-state index contributed by atoms with van der Waals surface area (Å²) in [7, 11) is -3.55. The summed E-state index contributed by atoms with van der Waals surface area (Å²) in [6.07, 6.45) is -4.76. The molecule has 1 aromatic heterocycles. The maximum atomic E-state index is 14.7. The fourth-order valence-electron chi connectivity index (χ4n) is 2.53. The van der Waals surface area contributed by atoms with Gasteiger partial charge in [0.2, 0.25) is 0 Å². The Morgan fingerprint density at radius 2 is 1.67 bits per heavy atom. The fourth-order valence-corrected chi connectivity index (χ4v) is 3.43. The molecule has 2 aromatic carbocycles. The molecule has 1 N–H and O–H groups in total. The van der Waals surface area contributed by atoms with Gasteiger partial charge in [-0.1, -0.05) is 19.1 Å². The highest BCUT2D eigenvalue weighted by Crippen LogP contribution is 2.38. The van der Waals surface area contributed by atoms with Crippen LogP contribution in [0.15, 0.2) is 47.4 Å². The minimum atomic E-state index is -4.76. The maximum Gasteiger partial charge on any atom is 0.416 e. The van der Waals surface area contributed by atoms with Crippen LogP contribution in [0.3, 0.4) is 0 Å². The molecule has 4 nitrogen and oxygen atoms in total. The van der Waals surface area contributed by atoms with Crippen LogP contribution < -0.4 is 0 Å². The molecule has 0 aliphatic rings. The molecular formula is C17H13F5N2O2S. The first-order valence-electron chi connectivity index (χ1n) is 7.73. The van der Waals surface area contributed by atoms with Crippen LogP contribution in [0.25, 0.3) is 11.0 Å². The minimum Gasteiger partial charge on any atom is -0.337 e. The Bertz CT molecular complexity index is 1100. The van der Waals surface area contributed by atoms with Crippen molar-refractivity contribution in [2.45, 2.75) is 23.9 Å². The van der Waals surface area contributed by atoms with Crippen molar-refractivity contribution in [3.8, 4) is 0 Å². The van der Waals surface area contributed by atoms with E-state index < -0.39 is 38.9 Å². The number of nitrogens with zero attached hydrogens (tertiary/aromatic N) is 1. The van der Waals surface area contributed by atoms with E-state index in [0.717, 1.165) is 12.1 Å². The number of rotatable bonds is 4. The van der Waals surface area contributed by atoms with Crippen molar-refractivity contribution in [1.82, 2.24) is 9.97 Å². The average Bonchev–Trinajstić information content (AvgIpc) is 3.05. The van der Waals surface area contributed by atoms with E-state index in [0.29, 0.717) is 12.1 Å². The smallest absolute Gasteiger partial charge is 0.337 e. The molecule has 1 heterocycles. The summed E-state index contributed by atoms with van der Waals surface area (Å²) in [6, 6.07) is 6.50. The fraction of sp³-hybridized carbons (Fsp3) is 0.235. The van der Waals surface area contributed by atoms with Gasteiger partial charge in [0.25, 0.3) is 0 Å². The third kappa shape index (κ3) is 3.53. The molecule has 0 saturated carbocycles. The Hall–Kier alpha value is -2.49. The number of halogens is 5. The number of H-pyrrole nitrogens is 1. The standard InChI is InChI=1S/C17H13F5N2O2S/c1-2-27(25,26)12-6-7-13-14(9-12)24-15(23-13)16(18,19)10-4-3-5-11(8-10)17(20,21)22/h3-9H,2H2,1H3,(H,23,24). The third-order valence-electron chi connectivity index (χ3n) is 4.04. The van der Waals surface area contributed by atoms with Crippen LogP contribution in [-0.4, -0.2) is 24.1 Å². The molecule has 0 aliphatic heterocycles. The lowest BCUT2D eigenvalue weighted by atomic mass is 10.0. The first-order chi connectivity index (χ1) is 12.4. The van der Waals surface area contributed by atoms with Gasteiger partial charge in [0.05, 0.1) is 27.2 Å². The monoisotopic (exact) mass is 404 g/mol. The largest absolute Gasteiger partial charge is 0.416 e. The Labute approximate surface area is 151 Å². The number of aromatic amines is 1. The highest BCUT2D eigenvalue weighted by Gasteiger charge is 2.40. The molecule has 0 unspecified atom stereocenters. The van der Waals surface area contributed by atoms with Crippen molar-refractivity contribution < 1.29 is 30.4 Å². The molecule has 0 radical (unpaired) electrons. The zero-order valence-corrected chi connectivity index (χ0v) is 14.6. The van der Waals surface area contributed by atoms with Gasteiger partial charge in [0.1, 0.15) is 0 Å². The van der Waals surface area contributed by atoms with Crippen LogP contribution in [0, 0.1) is 0 Å². The summed E-state index contributed by atoms with van der Waals surface area (Å²) >= 11 is 0. The van der Waals surface area contributed by atoms with Crippen LogP contribution in [0.5, 0.6) is 0 Å². The van der Waals surface area contributed by atoms with Crippen molar-refractivity contribution >= 4 is 20.9 Å². The topological polar surface area (TPSA) is 62.8 Å². The SMILES string of the molecule is CCS(=O)(=O)c1ccc2nc(C(F)(F)c3cccc(C(F)(F)F)c3)[nH]c2c1. The Balaban J connectivity index is 2.08. The van der Waals surface area contributed by atoms with E-state index in [4.69, 9.17) is 0 Å². The van der Waals surface area contributed by atoms with Gasteiger partial charge >= 0.3 is 12.1 Å². The number of benzene rings is 2. The van der Waals surface area contributed by atoms with Crippen LogP contribution >= 0.6 is 0 Å². The molecule has 0 fully saturated rings. The lowest BCUT2D eigenvalue weighted by molar-refractivity contribution is -0.137. The summed E-state index contributed by atoms with van der Waals surface area (Å²) in [5.74, 6) is -4.87. The average molecular weight is 404 g/mol. The van der Waals surface area contributed by atoms with Gasteiger partial charge in [-0.05, 0) is 30.3 Å². The quantitative estimate of drug-likeness (QED) is 0.651. The molecule has 3 rings (SSSR count). The third-order valence-corrected chi connectivity index (χ3v) is 5.77. The van der Waals surface area contributed by atoms with Crippen molar-refractivity contribution in [3.63, 3.8) is 0 Å². The molecule has 0 bridgehead atoms. The van der Waals surface area contributed by atoms with Crippen LogP contribution in [0.1, 0.15) is 23.9 Å². The number of hydrogen-bond acceptors (Lipinski definition) is 3. The number of fused-ring (bicyclic) bond motifs is 1. The molecule has 0 saturated heterocycles. The van der Waals surface area contributed by atoms with Crippen LogP contribution in [0.4, 0.5) is 22.0 Å². The van der Waals surface area contributed by atoms with E-state index >= 15 is 0 Å². The van der Waals surface area contributed by atoms with Gasteiger partial charge in [0.15, 0.2) is 15.7 Å². The predicted octanol–water partition coefficient (Wildman–Crippen LogP) is 4.52. The molecule has 0 spiro atoms. The maximum absolute atomic E-state index is 14.7. The van der Waals surface area contributed by atoms with Gasteiger partial charge in [-0.3, -0.25) is 0 Å². The number of alkyl halides is 5. The summed E-state index contributed by atoms with van der Waals surface area (Å²) < 4.78 is 91.6. The Morgan fingerprint density at radius 3 is 2.30 bits per heavy atom. The minimum absolute atomic E-state index is 0.0474. The molecular weight excluding hydrogens is 391 g/mol. The van der Waals surface area contributed by atoms with Gasteiger partial charge in [-0.15, -0.1) is 0 Å². The second kappa shape index (κ2) is 6.29. The van der Waals surface area contributed by atoms with E-state index in [1.54, 1.807) is 0 Å².